The number of carbonyl (C=O) groups excluding carboxylic acids is 2. The molecule has 0 spiro atoms. The topological polar surface area (TPSA) is 88.9 Å². The quantitative estimate of drug-likeness (QED) is 0.384. The van der Waals surface area contributed by atoms with Crippen molar-refractivity contribution in [3.8, 4) is 5.82 Å². The minimum absolute atomic E-state index is 0.0122. The third kappa shape index (κ3) is 5.83. The average Bonchev–Trinajstić information content (AvgIpc) is 3.20. The molecule has 0 unspecified atom stereocenters. The van der Waals surface area contributed by atoms with E-state index in [9.17, 15) is 22.8 Å². The summed E-state index contributed by atoms with van der Waals surface area (Å²) in [6, 6.07) is 6.33. The fourth-order valence-corrected chi connectivity index (χ4v) is 3.80. The number of carbonyl (C=O) groups is 2. The molecule has 3 rings (SSSR count). The summed E-state index contributed by atoms with van der Waals surface area (Å²) in [6.07, 6.45) is -3.52. The van der Waals surface area contributed by atoms with E-state index >= 15 is 0 Å². The van der Waals surface area contributed by atoms with Crippen LogP contribution in [-0.2, 0) is 6.18 Å². The average molecular weight is 532 g/mol. The van der Waals surface area contributed by atoms with Crippen LogP contribution >= 0.6 is 35.1 Å². The summed E-state index contributed by atoms with van der Waals surface area (Å²) >= 11 is 13.3. The van der Waals surface area contributed by atoms with Crippen LogP contribution in [0.1, 0.15) is 46.0 Å². The van der Waals surface area contributed by atoms with Crippen molar-refractivity contribution in [3.63, 3.8) is 0 Å². The SMILES string of the molecule is Cc1cc(Cl)cc(C(=O)NSC(C)C)c1NC(=O)c1cc(C(F)(F)F)nn1-c1ncccc1Cl. The number of halogens is 5. The van der Waals surface area contributed by atoms with E-state index in [1.165, 1.54) is 30.5 Å². The van der Waals surface area contributed by atoms with Gasteiger partial charge < -0.3 is 5.32 Å². The van der Waals surface area contributed by atoms with Gasteiger partial charge in [0.25, 0.3) is 11.8 Å². The number of aryl methyl sites for hydroxylation is 1. The number of amides is 2. The molecular weight excluding hydrogens is 514 g/mol. The van der Waals surface area contributed by atoms with E-state index in [0.717, 1.165) is 11.9 Å². The van der Waals surface area contributed by atoms with E-state index in [2.05, 4.69) is 20.1 Å². The highest BCUT2D eigenvalue weighted by atomic mass is 35.5. The first-order valence-corrected chi connectivity index (χ1v) is 11.4. The largest absolute Gasteiger partial charge is 0.435 e. The summed E-state index contributed by atoms with van der Waals surface area (Å²) in [5.41, 5.74) is -1.23. The normalized spacial score (nSPS) is 11.6. The maximum Gasteiger partial charge on any atom is 0.435 e. The van der Waals surface area contributed by atoms with Crippen LogP contribution in [0.4, 0.5) is 18.9 Å². The zero-order valence-electron chi connectivity index (χ0n) is 18.0. The molecule has 1 aromatic carbocycles. The molecule has 2 aromatic heterocycles. The molecule has 2 heterocycles. The molecule has 0 aliphatic carbocycles. The summed E-state index contributed by atoms with van der Waals surface area (Å²) < 4.78 is 43.5. The van der Waals surface area contributed by atoms with Gasteiger partial charge in [-0.15, -0.1) is 0 Å². The second kappa shape index (κ2) is 10.2. The maximum absolute atomic E-state index is 13.4. The number of hydrogen-bond acceptors (Lipinski definition) is 5. The van der Waals surface area contributed by atoms with Crippen LogP contribution in [-0.4, -0.2) is 31.8 Å². The van der Waals surface area contributed by atoms with Gasteiger partial charge in [-0.05, 0) is 48.7 Å². The third-order valence-corrected chi connectivity index (χ3v) is 5.63. The molecule has 34 heavy (non-hydrogen) atoms. The molecular formula is C21H18Cl2F3N5O2S. The lowest BCUT2D eigenvalue weighted by atomic mass is 10.1. The number of rotatable bonds is 6. The zero-order chi connectivity index (χ0) is 25.2. The second-order valence-electron chi connectivity index (χ2n) is 7.33. The van der Waals surface area contributed by atoms with Crippen LogP contribution in [0.5, 0.6) is 0 Å². The summed E-state index contributed by atoms with van der Waals surface area (Å²) in [6.45, 7) is 5.35. The van der Waals surface area contributed by atoms with Crippen molar-refractivity contribution in [2.75, 3.05) is 5.32 Å². The van der Waals surface area contributed by atoms with Crippen molar-refractivity contribution in [2.45, 2.75) is 32.2 Å². The highest BCUT2D eigenvalue weighted by Crippen LogP contribution is 2.32. The molecule has 7 nitrogen and oxygen atoms in total. The minimum Gasteiger partial charge on any atom is -0.320 e. The summed E-state index contributed by atoms with van der Waals surface area (Å²) in [5.74, 6) is -1.65. The Morgan fingerprint density at radius 3 is 2.47 bits per heavy atom. The lowest BCUT2D eigenvalue weighted by Gasteiger charge is -2.15. The number of nitrogens with one attached hydrogen (secondary N) is 2. The van der Waals surface area contributed by atoms with Gasteiger partial charge in [-0.3, -0.25) is 14.3 Å². The van der Waals surface area contributed by atoms with Crippen molar-refractivity contribution in [2.24, 2.45) is 0 Å². The predicted molar refractivity (Wildman–Crippen MR) is 126 cm³/mol. The predicted octanol–water partition coefficient (Wildman–Crippen LogP) is 5.94. The molecule has 180 valence electrons. The van der Waals surface area contributed by atoms with Gasteiger partial charge in [0.1, 0.15) is 5.69 Å². The number of pyridine rings is 1. The highest BCUT2D eigenvalue weighted by molar-refractivity contribution is 7.98. The highest BCUT2D eigenvalue weighted by Gasteiger charge is 2.36. The van der Waals surface area contributed by atoms with E-state index in [1.807, 2.05) is 13.8 Å². The first-order valence-electron chi connectivity index (χ1n) is 9.74. The van der Waals surface area contributed by atoms with Gasteiger partial charge in [0.2, 0.25) is 0 Å². The van der Waals surface area contributed by atoms with Crippen molar-refractivity contribution in [1.29, 1.82) is 0 Å². The Kier molecular flexibility index (Phi) is 7.79. The first kappa shape index (κ1) is 25.9. The van der Waals surface area contributed by atoms with Gasteiger partial charge in [0.15, 0.2) is 11.5 Å². The standard InChI is InChI=1S/C21H18Cl2F3N5O2S/c1-10(2)34-30-19(32)13-8-12(22)7-11(3)17(13)28-20(33)15-9-16(21(24,25)26)29-31(15)18-14(23)5-4-6-27-18/h4-10H,1-3H3,(H,28,33)(H,30,32). The zero-order valence-corrected chi connectivity index (χ0v) is 20.3. The molecule has 0 atom stereocenters. The Morgan fingerprint density at radius 1 is 1.15 bits per heavy atom. The molecule has 13 heteroatoms. The van der Waals surface area contributed by atoms with E-state index in [-0.39, 0.29) is 32.4 Å². The van der Waals surface area contributed by atoms with Gasteiger partial charge in [-0.1, -0.05) is 37.0 Å². The van der Waals surface area contributed by atoms with Crippen LogP contribution < -0.4 is 10.0 Å². The smallest absolute Gasteiger partial charge is 0.320 e. The molecule has 2 amide bonds. The molecule has 0 aliphatic rings. The number of aromatic nitrogens is 3. The molecule has 3 aromatic rings. The first-order chi connectivity index (χ1) is 15.9. The molecule has 0 saturated carbocycles. The Morgan fingerprint density at radius 2 is 1.85 bits per heavy atom. The van der Waals surface area contributed by atoms with Crippen LogP contribution in [0, 0.1) is 6.92 Å². The van der Waals surface area contributed by atoms with Gasteiger partial charge in [-0.25, -0.2) is 9.67 Å². The fraction of sp³-hybridized carbons (Fsp3) is 0.238. The number of hydrogen-bond donors (Lipinski definition) is 2. The monoisotopic (exact) mass is 531 g/mol. The lowest BCUT2D eigenvalue weighted by Crippen LogP contribution is -2.23. The van der Waals surface area contributed by atoms with Crippen LogP contribution in [0.25, 0.3) is 5.82 Å². The Labute approximate surface area is 207 Å². The molecule has 0 fully saturated rings. The number of alkyl halides is 3. The van der Waals surface area contributed by atoms with Gasteiger partial charge in [0, 0.05) is 22.5 Å². The molecule has 0 saturated heterocycles. The number of anilines is 1. The Hall–Kier alpha value is -2.76. The van der Waals surface area contributed by atoms with Gasteiger partial charge >= 0.3 is 6.18 Å². The maximum atomic E-state index is 13.4. The fourth-order valence-electron chi connectivity index (χ4n) is 2.87. The van der Waals surface area contributed by atoms with Crippen LogP contribution in [0.15, 0.2) is 36.5 Å². The van der Waals surface area contributed by atoms with E-state index in [1.54, 1.807) is 6.92 Å². The van der Waals surface area contributed by atoms with Crippen molar-refractivity contribution < 1.29 is 22.8 Å². The van der Waals surface area contributed by atoms with Crippen LogP contribution in [0.3, 0.4) is 0 Å². The Bertz CT molecular complexity index is 1250. The van der Waals surface area contributed by atoms with E-state index in [0.29, 0.717) is 16.3 Å². The number of benzene rings is 1. The van der Waals surface area contributed by atoms with Crippen LogP contribution in [0.2, 0.25) is 10.0 Å². The van der Waals surface area contributed by atoms with Gasteiger partial charge in [-0.2, -0.15) is 18.3 Å². The molecule has 2 N–H and O–H groups in total. The lowest BCUT2D eigenvalue weighted by molar-refractivity contribution is -0.141. The third-order valence-electron chi connectivity index (χ3n) is 4.34. The van der Waals surface area contributed by atoms with Gasteiger partial charge in [0.05, 0.1) is 16.3 Å². The summed E-state index contributed by atoms with van der Waals surface area (Å²) in [7, 11) is 0. The Balaban J connectivity index is 2.06. The molecule has 0 bridgehead atoms. The van der Waals surface area contributed by atoms with Crippen molar-refractivity contribution >= 4 is 52.7 Å². The molecule has 0 aliphatic heterocycles. The van der Waals surface area contributed by atoms with E-state index in [4.69, 9.17) is 23.2 Å². The van der Waals surface area contributed by atoms with Crippen molar-refractivity contribution in [1.82, 2.24) is 19.5 Å². The number of nitrogens with zero attached hydrogens (tertiary/aromatic N) is 3. The summed E-state index contributed by atoms with van der Waals surface area (Å²) in [5, 5.41) is 6.34. The van der Waals surface area contributed by atoms with Crippen molar-refractivity contribution in [3.05, 3.63) is 69.1 Å². The minimum atomic E-state index is -4.82. The second-order valence-corrected chi connectivity index (χ2v) is 9.56. The molecule has 0 radical (unpaired) electrons. The summed E-state index contributed by atoms with van der Waals surface area (Å²) in [4.78, 5) is 29.8. The van der Waals surface area contributed by atoms with E-state index < -0.39 is 29.4 Å².